The highest BCUT2D eigenvalue weighted by molar-refractivity contribution is 5.06. The zero-order valence-corrected chi connectivity index (χ0v) is 9.74. The smallest absolute Gasteiger partial charge is 0.197 e. The molecule has 2 fully saturated rings. The number of oxazole rings is 1. The van der Waals surface area contributed by atoms with E-state index in [1.165, 1.54) is 38.5 Å². The molecule has 0 spiro atoms. The van der Waals surface area contributed by atoms with Crippen LogP contribution >= 0.6 is 0 Å². The molecular formula is C13H20N2O. The Kier molecular flexibility index (Phi) is 2.96. The summed E-state index contributed by atoms with van der Waals surface area (Å²) in [4.78, 5) is 4.49. The van der Waals surface area contributed by atoms with Gasteiger partial charge in [0, 0.05) is 11.8 Å². The van der Waals surface area contributed by atoms with Crippen LogP contribution in [0.3, 0.4) is 0 Å². The maximum Gasteiger partial charge on any atom is 0.197 e. The first-order valence-corrected chi connectivity index (χ1v) is 6.60. The summed E-state index contributed by atoms with van der Waals surface area (Å²) in [7, 11) is 0. The van der Waals surface area contributed by atoms with Crippen molar-refractivity contribution in [1.82, 2.24) is 10.3 Å². The molecule has 1 aromatic heterocycles. The molecule has 3 nitrogen and oxygen atoms in total. The van der Waals surface area contributed by atoms with Crippen molar-refractivity contribution < 1.29 is 4.42 Å². The quantitative estimate of drug-likeness (QED) is 0.832. The Bertz CT molecular complexity index is 335. The van der Waals surface area contributed by atoms with Crippen LogP contribution < -0.4 is 5.32 Å². The Morgan fingerprint density at radius 2 is 1.81 bits per heavy atom. The van der Waals surface area contributed by atoms with Crippen LogP contribution in [-0.2, 0) is 0 Å². The molecule has 1 aliphatic heterocycles. The van der Waals surface area contributed by atoms with Gasteiger partial charge < -0.3 is 9.73 Å². The Morgan fingerprint density at radius 3 is 2.56 bits per heavy atom. The van der Waals surface area contributed by atoms with Gasteiger partial charge in [-0.25, -0.2) is 4.98 Å². The molecule has 2 aliphatic rings. The molecule has 16 heavy (non-hydrogen) atoms. The third kappa shape index (κ3) is 2.01. The van der Waals surface area contributed by atoms with E-state index < -0.39 is 0 Å². The fraction of sp³-hybridized carbons (Fsp3) is 0.769. The van der Waals surface area contributed by atoms with Gasteiger partial charge in [0.1, 0.15) is 5.76 Å². The molecule has 0 radical (unpaired) electrons. The van der Waals surface area contributed by atoms with Crippen molar-refractivity contribution in [2.75, 3.05) is 13.1 Å². The number of hydrogen-bond acceptors (Lipinski definition) is 3. The summed E-state index contributed by atoms with van der Waals surface area (Å²) in [5.74, 6) is 3.34. The normalized spacial score (nSPS) is 24.0. The zero-order chi connectivity index (χ0) is 10.8. The van der Waals surface area contributed by atoms with Crippen LogP contribution in [0.15, 0.2) is 10.6 Å². The zero-order valence-electron chi connectivity index (χ0n) is 9.74. The second-order valence-electron chi connectivity index (χ2n) is 5.11. The van der Waals surface area contributed by atoms with Crippen LogP contribution in [0.1, 0.15) is 62.0 Å². The molecule has 3 rings (SSSR count). The molecule has 0 amide bonds. The molecular weight excluding hydrogens is 200 g/mol. The van der Waals surface area contributed by atoms with E-state index in [-0.39, 0.29) is 0 Å². The van der Waals surface area contributed by atoms with Gasteiger partial charge in [0.25, 0.3) is 0 Å². The molecule has 1 aromatic rings. The number of rotatable bonds is 2. The van der Waals surface area contributed by atoms with E-state index >= 15 is 0 Å². The molecule has 2 heterocycles. The van der Waals surface area contributed by atoms with Crippen molar-refractivity contribution in [3.8, 4) is 0 Å². The molecule has 0 unspecified atom stereocenters. The maximum absolute atomic E-state index is 5.97. The summed E-state index contributed by atoms with van der Waals surface area (Å²) in [6, 6.07) is 0. The Morgan fingerprint density at radius 1 is 1.06 bits per heavy atom. The minimum Gasteiger partial charge on any atom is -0.445 e. The van der Waals surface area contributed by atoms with Crippen LogP contribution in [0.4, 0.5) is 0 Å². The standard InChI is InChI=1S/C13H20N2O/c1-2-4-10(3-1)12-9-15-13(16-12)11-5-7-14-8-6-11/h9-11,14H,1-8H2. The summed E-state index contributed by atoms with van der Waals surface area (Å²) < 4.78 is 5.97. The van der Waals surface area contributed by atoms with Crippen LogP contribution in [-0.4, -0.2) is 18.1 Å². The number of aromatic nitrogens is 1. The minimum atomic E-state index is 0.552. The summed E-state index contributed by atoms with van der Waals surface area (Å²) in [6.45, 7) is 2.21. The number of piperidine rings is 1. The van der Waals surface area contributed by atoms with E-state index in [1.807, 2.05) is 6.20 Å². The van der Waals surface area contributed by atoms with Gasteiger partial charge in [-0.05, 0) is 38.8 Å². The summed E-state index contributed by atoms with van der Waals surface area (Å²) in [6.07, 6.45) is 9.62. The SMILES string of the molecule is c1nc(C2CCNCC2)oc1C1CCCC1. The number of hydrogen-bond donors (Lipinski definition) is 1. The molecule has 0 atom stereocenters. The highest BCUT2D eigenvalue weighted by atomic mass is 16.4. The lowest BCUT2D eigenvalue weighted by Crippen LogP contribution is -2.26. The topological polar surface area (TPSA) is 38.1 Å². The molecule has 1 saturated carbocycles. The van der Waals surface area contributed by atoms with E-state index in [9.17, 15) is 0 Å². The van der Waals surface area contributed by atoms with E-state index in [2.05, 4.69) is 10.3 Å². The van der Waals surface area contributed by atoms with Crippen molar-refractivity contribution in [3.63, 3.8) is 0 Å². The first-order valence-electron chi connectivity index (χ1n) is 6.60. The lowest BCUT2D eigenvalue weighted by atomic mass is 9.98. The Hall–Kier alpha value is -0.830. The summed E-state index contributed by atoms with van der Waals surface area (Å²) in [5.41, 5.74) is 0. The monoisotopic (exact) mass is 220 g/mol. The van der Waals surface area contributed by atoms with Crippen molar-refractivity contribution in [3.05, 3.63) is 17.8 Å². The molecule has 0 aromatic carbocycles. The van der Waals surface area contributed by atoms with Crippen molar-refractivity contribution in [2.45, 2.75) is 50.4 Å². The molecule has 1 aliphatic carbocycles. The highest BCUT2D eigenvalue weighted by Crippen LogP contribution is 2.36. The molecule has 0 bridgehead atoms. The lowest BCUT2D eigenvalue weighted by Gasteiger charge is -2.19. The minimum absolute atomic E-state index is 0.552. The second-order valence-corrected chi connectivity index (χ2v) is 5.11. The average molecular weight is 220 g/mol. The maximum atomic E-state index is 5.97. The molecule has 1 saturated heterocycles. The Balaban J connectivity index is 1.71. The third-order valence-corrected chi connectivity index (χ3v) is 3.99. The van der Waals surface area contributed by atoms with Gasteiger partial charge in [0.15, 0.2) is 5.89 Å². The van der Waals surface area contributed by atoms with Crippen molar-refractivity contribution in [1.29, 1.82) is 0 Å². The van der Waals surface area contributed by atoms with Gasteiger partial charge in [-0.3, -0.25) is 0 Å². The van der Waals surface area contributed by atoms with Gasteiger partial charge in [-0.2, -0.15) is 0 Å². The summed E-state index contributed by atoms with van der Waals surface area (Å²) >= 11 is 0. The van der Waals surface area contributed by atoms with Crippen LogP contribution in [0.25, 0.3) is 0 Å². The van der Waals surface area contributed by atoms with E-state index in [1.54, 1.807) is 0 Å². The highest BCUT2D eigenvalue weighted by Gasteiger charge is 2.24. The van der Waals surface area contributed by atoms with Crippen LogP contribution in [0.2, 0.25) is 0 Å². The molecule has 88 valence electrons. The predicted octanol–water partition coefficient (Wildman–Crippen LogP) is 2.80. The fourth-order valence-corrected chi connectivity index (χ4v) is 2.96. The Labute approximate surface area is 96.6 Å². The van der Waals surface area contributed by atoms with Crippen molar-refractivity contribution in [2.24, 2.45) is 0 Å². The van der Waals surface area contributed by atoms with Gasteiger partial charge in [-0.1, -0.05) is 12.8 Å². The number of nitrogens with zero attached hydrogens (tertiary/aromatic N) is 1. The first-order chi connectivity index (χ1) is 7.93. The van der Waals surface area contributed by atoms with Crippen LogP contribution in [0.5, 0.6) is 0 Å². The average Bonchev–Trinajstić information content (AvgIpc) is 3.01. The molecule has 3 heteroatoms. The van der Waals surface area contributed by atoms with Gasteiger partial charge >= 0.3 is 0 Å². The van der Waals surface area contributed by atoms with Crippen molar-refractivity contribution >= 4 is 0 Å². The predicted molar refractivity (Wildman–Crippen MR) is 62.6 cm³/mol. The van der Waals surface area contributed by atoms with E-state index in [0.29, 0.717) is 11.8 Å². The number of nitrogens with one attached hydrogen (secondary N) is 1. The largest absolute Gasteiger partial charge is 0.445 e. The van der Waals surface area contributed by atoms with Crippen LogP contribution in [0, 0.1) is 0 Å². The van der Waals surface area contributed by atoms with E-state index in [4.69, 9.17) is 4.42 Å². The second kappa shape index (κ2) is 4.58. The molecule has 1 N–H and O–H groups in total. The third-order valence-electron chi connectivity index (χ3n) is 3.99. The van der Waals surface area contributed by atoms with Gasteiger partial charge in [-0.15, -0.1) is 0 Å². The van der Waals surface area contributed by atoms with Gasteiger partial charge in [0.2, 0.25) is 0 Å². The van der Waals surface area contributed by atoms with Gasteiger partial charge in [0.05, 0.1) is 6.20 Å². The first kappa shape index (κ1) is 10.3. The lowest BCUT2D eigenvalue weighted by molar-refractivity contribution is 0.351. The van der Waals surface area contributed by atoms with E-state index in [0.717, 1.165) is 24.7 Å². The summed E-state index contributed by atoms with van der Waals surface area (Å²) in [5, 5.41) is 3.38. The fourth-order valence-electron chi connectivity index (χ4n) is 2.96.